The third-order valence-electron chi connectivity index (χ3n) is 3.88. The van der Waals surface area contributed by atoms with E-state index < -0.39 is 10.0 Å². The van der Waals surface area contributed by atoms with Crippen LogP contribution >= 0.6 is 0 Å². The van der Waals surface area contributed by atoms with Gasteiger partial charge in [-0.1, -0.05) is 0 Å². The molecule has 23 heavy (non-hydrogen) atoms. The SMILES string of the molecule is Cc1n[nH]c(C)c1S(=O)(=O)Nc1cnn(CC2CCCCO2)c1. The molecule has 0 bridgehead atoms. The maximum atomic E-state index is 12.5. The van der Waals surface area contributed by atoms with E-state index in [0.717, 1.165) is 25.9 Å². The van der Waals surface area contributed by atoms with Gasteiger partial charge in [0.1, 0.15) is 4.90 Å². The lowest BCUT2D eigenvalue weighted by atomic mass is 10.1. The van der Waals surface area contributed by atoms with Crippen molar-refractivity contribution in [3.05, 3.63) is 23.8 Å². The molecular weight excluding hydrogens is 318 g/mol. The lowest BCUT2D eigenvalue weighted by molar-refractivity contribution is 0.00401. The number of hydrogen-bond acceptors (Lipinski definition) is 5. The van der Waals surface area contributed by atoms with Crippen LogP contribution in [0, 0.1) is 13.8 Å². The molecule has 2 aromatic rings. The molecule has 2 aromatic heterocycles. The van der Waals surface area contributed by atoms with Crippen LogP contribution in [0.15, 0.2) is 17.3 Å². The minimum atomic E-state index is -3.68. The first-order valence-corrected chi connectivity index (χ1v) is 9.12. The van der Waals surface area contributed by atoms with E-state index in [9.17, 15) is 8.42 Å². The van der Waals surface area contributed by atoms with Crippen molar-refractivity contribution in [2.45, 2.75) is 50.7 Å². The highest BCUT2D eigenvalue weighted by molar-refractivity contribution is 7.92. The Morgan fingerprint density at radius 2 is 2.26 bits per heavy atom. The van der Waals surface area contributed by atoms with E-state index in [1.54, 1.807) is 24.7 Å². The fraction of sp³-hybridized carbons (Fsp3) is 0.571. The summed E-state index contributed by atoms with van der Waals surface area (Å²) in [6, 6.07) is 0. The van der Waals surface area contributed by atoms with Gasteiger partial charge < -0.3 is 4.74 Å². The molecule has 1 saturated heterocycles. The second-order valence-electron chi connectivity index (χ2n) is 5.81. The van der Waals surface area contributed by atoms with E-state index >= 15 is 0 Å². The van der Waals surface area contributed by atoms with Crippen molar-refractivity contribution in [2.75, 3.05) is 11.3 Å². The van der Waals surface area contributed by atoms with Crippen molar-refractivity contribution in [1.29, 1.82) is 0 Å². The first kappa shape index (κ1) is 16.0. The van der Waals surface area contributed by atoms with Gasteiger partial charge in [0.15, 0.2) is 0 Å². The Labute approximate surface area is 135 Å². The van der Waals surface area contributed by atoms with Crippen LogP contribution in [0.2, 0.25) is 0 Å². The lowest BCUT2D eigenvalue weighted by Gasteiger charge is -2.22. The van der Waals surface area contributed by atoms with Crippen molar-refractivity contribution in [3.63, 3.8) is 0 Å². The van der Waals surface area contributed by atoms with Gasteiger partial charge in [-0.3, -0.25) is 14.5 Å². The zero-order chi connectivity index (χ0) is 16.4. The highest BCUT2D eigenvalue weighted by atomic mass is 32.2. The van der Waals surface area contributed by atoms with Gasteiger partial charge in [0, 0.05) is 12.8 Å². The quantitative estimate of drug-likeness (QED) is 0.861. The second kappa shape index (κ2) is 6.32. The molecule has 1 aliphatic heterocycles. The van der Waals surface area contributed by atoms with Crippen LogP contribution in [-0.4, -0.2) is 41.1 Å². The zero-order valence-electron chi connectivity index (χ0n) is 13.2. The molecule has 0 aliphatic carbocycles. The van der Waals surface area contributed by atoms with Gasteiger partial charge >= 0.3 is 0 Å². The number of ether oxygens (including phenoxy) is 1. The summed E-state index contributed by atoms with van der Waals surface area (Å²) in [5, 5.41) is 10.8. The molecule has 0 aromatic carbocycles. The molecule has 2 N–H and O–H groups in total. The average Bonchev–Trinajstić information content (AvgIpc) is 3.06. The second-order valence-corrected chi connectivity index (χ2v) is 7.43. The monoisotopic (exact) mass is 339 g/mol. The normalized spacial score (nSPS) is 19.0. The number of hydrogen-bond donors (Lipinski definition) is 2. The fourth-order valence-corrected chi connectivity index (χ4v) is 4.22. The standard InChI is InChI=1S/C14H21N5O3S/c1-10-14(11(2)17-16-10)23(20,21)18-12-7-15-19(8-12)9-13-5-3-4-6-22-13/h7-8,13,18H,3-6,9H2,1-2H3,(H,16,17). The topological polar surface area (TPSA) is 102 Å². The maximum absolute atomic E-state index is 12.5. The van der Waals surface area contributed by atoms with Crippen LogP contribution in [0.1, 0.15) is 30.7 Å². The van der Waals surface area contributed by atoms with Gasteiger partial charge in [-0.25, -0.2) is 8.42 Å². The summed E-state index contributed by atoms with van der Waals surface area (Å²) in [6.45, 7) is 4.75. The van der Waals surface area contributed by atoms with Crippen LogP contribution in [0.25, 0.3) is 0 Å². The summed E-state index contributed by atoms with van der Waals surface area (Å²) in [5.41, 5.74) is 1.39. The number of H-pyrrole nitrogens is 1. The van der Waals surface area contributed by atoms with Crippen molar-refractivity contribution >= 4 is 15.7 Å². The summed E-state index contributed by atoms with van der Waals surface area (Å²) in [4.78, 5) is 0.181. The number of nitrogens with one attached hydrogen (secondary N) is 2. The molecule has 1 unspecified atom stereocenters. The van der Waals surface area contributed by atoms with Gasteiger partial charge in [-0.15, -0.1) is 0 Å². The van der Waals surface area contributed by atoms with Gasteiger partial charge in [0.2, 0.25) is 0 Å². The van der Waals surface area contributed by atoms with Crippen LogP contribution in [0.4, 0.5) is 5.69 Å². The third-order valence-corrected chi connectivity index (χ3v) is 5.52. The number of sulfonamides is 1. The van der Waals surface area contributed by atoms with Gasteiger partial charge in [-0.05, 0) is 33.1 Å². The number of rotatable bonds is 5. The summed E-state index contributed by atoms with van der Waals surface area (Å²) >= 11 is 0. The van der Waals surface area contributed by atoms with E-state index in [2.05, 4.69) is 20.0 Å². The molecule has 3 heterocycles. The molecule has 1 atom stereocenters. The number of nitrogens with zero attached hydrogens (tertiary/aromatic N) is 3. The molecule has 0 saturated carbocycles. The average molecular weight is 339 g/mol. The van der Waals surface area contributed by atoms with Gasteiger partial charge in [-0.2, -0.15) is 10.2 Å². The number of aromatic amines is 1. The van der Waals surface area contributed by atoms with Crippen molar-refractivity contribution in [2.24, 2.45) is 0 Å². The first-order valence-electron chi connectivity index (χ1n) is 7.64. The Morgan fingerprint density at radius 3 is 2.91 bits per heavy atom. The Morgan fingerprint density at radius 1 is 1.43 bits per heavy atom. The van der Waals surface area contributed by atoms with Gasteiger partial charge in [0.25, 0.3) is 10.0 Å². The lowest BCUT2D eigenvalue weighted by Crippen LogP contribution is -2.24. The highest BCUT2D eigenvalue weighted by Crippen LogP contribution is 2.21. The van der Waals surface area contributed by atoms with E-state index in [4.69, 9.17) is 4.74 Å². The molecule has 1 fully saturated rings. The van der Waals surface area contributed by atoms with Crippen molar-refractivity contribution in [1.82, 2.24) is 20.0 Å². The minimum absolute atomic E-state index is 0.145. The predicted octanol–water partition coefficient (Wildman–Crippen LogP) is 1.59. The van der Waals surface area contributed by atoms with Crippen LogP contribution in [0.5, 0.6) is 0 Å². The molecule has 9 heteroatoms. The summed E-state index contributed by atoms with van der Waals surface area (Å²) in [7, 11) is -3.68. The molecule has 126 valence electrons. The van der Waals surface area contributed by atoms with Crippen LogP contribution in [0.3, 0.4) is 0 Å². The third kappa shape index (κ3) is 3.56. The number of aromatic nitrogens is 4. The van der Waals surface area contributed by atoms with Crippen LogP contribution in [-0.2, 0) is 21.3 Å². The van der Waals surface area contributed by atoms with E-state index in [-0.39, 0.29) is 11.0 Å². The molecule has 0 amide bonds. The molecule has 0 spiro atoms. The Kier molecular flexibility index (Phi) is 4.40. The number of anilines is 1. The van der Waals surface area contributed by atoms with E-state index in [1.807, 2.05) is 0 Å². The molecule has 8 nitrogen and oxygen atoms in total. The Bertz CT molecular complexity index is 755. The largest absolute Gasteiger partial charge is 0.376 e. The highest BCUT2D eigenvalue weighted by Gasteiger charge is 2.23. The first-order chi connectivity index (χ1) is 11.0. The van der Waals surface area contributed by atoms with Crippen LogP contribution < -0.4 is 4.72 Å². The fourth-order valence-electron chi connectivity index (χ4n) is 2.82. The van der Waals surface area contributed by atoms with Gasteiger partial charge in [0.05, 0.1) is 35.9 Å². The zero-order valence-corrected chi connectivity index (χ0v) is 14.1. The van der Waals surface area contributed by atoms with Crippen molar-refractivity contribution < 1.29 is 13.2 Å². The molecule has 3 rings (SSSR count). The van der Waals surface area contributed by atoms with E-state index in [0.29, 0.717) is 23.6 Å². The number of aryl methyl sites for hydroxylation is 2. The maximum Gasteiger partial charge on any atom is 0.265 e. The smallest absolute Gasteiger partial charge is 0.265 e. The summed E-state index contributed by atoms with van der Waals surface area (Å²) < 4.78 is 34.9. The predicted molar refractivity (Wildman–Crippen MR) is 84.7 cm³/mol. The Balaban J connectivity index is 1.71. The molecule has 0 radical (unpaired) electrons. The van der Waals surface area contributed by atoms with E-state index in [1.165, 1.54) is 6.20 Å². The summed E-state index contributed by atoms with van der Waals surface area (Å²) in [5.74, 6) is 0. The molecular formula is C14H21N5O3S. The molecule has 1 aliphatic rings. The minimum Gasteiger partial charge on any atom is -0.376 e. The Hall–Kier alpha value is -1.87. The van der Waals surface area contributed by atoms with Crippen molar-refractivity contribution in [3.8, 4) is 0 Å². The summed E-state index contributed by atoms with van der Waals surface area (Å²) in [6.07, 6.45) is 6.60.